The Morgan fingerprint density at radius 1 is 0.909 bits per heavy atom. The molecule has 4 atom stereocenters. The molecule has 0 radical (unpaired) electrons. The first-order valence-electron chi connectivity index (χ1n) is 21.8. The summed E-state index contributed by atoms with van der Waals surface area (Å²) >= 11 is 0. The number of fused-ring (bicyclic) bond motifs is 5. The summed E-state index contributed by atoms with van der Waals surface area (Å²) in [6, 6.07) is 16.6. The van der Waals surface area contributed by atoms with Crippen LogP contribution in [-0.2, 0) is 31.0 Å². The number of carbonyl (C=O) groups is 5. The summed E-state index contributed by atoms with van der Waals surface area (Å²) in [6.07, 6.45) is -0.0227. The minimum Gasteiger partial charge on any atom is -0.492 e. The van der Waals surface area contributed by atoms with Crippen LogP contribution in [-0.4, -0.2) is 104 Å². The molecule has 4 bridgehead atoms. The summed E-state index contributed by atoms with van der Waals surface area (Å²) in [5.74, 6) is -2.73. The van der Waals surface area contributed by atoms with Gasteiger partial charge in [0.1, 0.15) is 61.2 Å². The van der Waals surface area contributed by atoms with Gasteiger partial charge in [-0.2, -0.15) is 5.26 Å². The van der Waals surface area contributed by atoms with Gasteiger partial charge in [-0.25, -0.2) is 4.98 Å². The van der Waals surface area contributed by atoms with Gasteiger partial charge in [0.25, 0.3) is 5.91 Å². The second kappa shape index (κ2) is 22.2. The Balaban J connectivity index is 1.57. The van der Waals surface area contributed by atoms with Gasteiger partial charge in [0.2, 0.25) is 23.6 Å². The number of hydrogen-bond acceptors (Lipinski definition) is 13. The lowest BCUT2D eigenvalue weighted by molar-refractivity contribution is -0.141. The quantitative estimate of drug-likeness (QED) is 0.0795. The van der Waals surface area contributed by atoms with Gasteiger partial charge in [-0.05, 0) is 84.8 Å². The summed E-state index contributed by atoms with van der Waals surface area (Å²) in [5, 5.41) is 19.9. The predicted octanol–water partition coefficient (Wildman–Crippen LogP) is 2.11. The fourth-order valence-electron chi connectivity index (χ4n) is 7.64. The number of nitrogens with zero attached hydrogens (tertiary/aromatic N) is 3. The fraction of sp³-hybridized carbons (Fsp3) is 0.396. The summed E-state index contributed by atoms with van der Waals surface area (Å²) in [7, 11) is 1.40. The molecular weight excluding hydrogens is 843 g/mol. The van der Waals surface area contributed by atoms with Gasteiger partial charge in [0.15, 0.2) is 0 Å². The van der Waals surface area contributed by atoms with Crippen LogP contribution in [0.3, 0.4) is 0 Å². The first-order chi connectivity index (χ1) is 31.4. The van der Waals surface area contributed by atoms with Crippen molar-refractivity contribution in [3.05, 3.63) is 94.5 Å². The van der Waals surface area contributed by atoms with Crippen LogP contribution in [0, 0.1) is 18.3 Å². The van der Waals surface area contributed by atoms with Crippen LogP contribution in [0.5, 0.6) is 11.5 Å². The van der Waals surface area contributed by atoms with Gasteiger partial charge >= 0.3 is 0 Å². The SMILES string of the molecule is Cc1cc(-c2ccc(C(C)(C)C)cc2)nc(N)c1C(=O)N[C@@H](CCN)C(=O)N(C)[C@@H]1C(=O)N[C@@H](C)C(=O)N[C@H](C(=O)NCC#N)Cc2ccc(OCCN)c(c2)-c2cc1ccc2OCCN. The second-order valence-electron chi connectivity index (χ2n) is 17.1. The highest BCUT2D eigenvalue weighted by atomic mass is 16.5. The van der Waals surface area contributed by atoms with Crippen LogP contribution in [0.15, 0.2) is 66.7 Å². The molecule has 2 heterocycles. The lowest BCUT2D eigenvalue weighted by atomic mass is 9.86. The maximum Gasteiger partial charge on any atom is 0.255 e. The molecule has 18 heteroatoms. The van der Waals surface area contributed by atoms with E-state index in [0.717, 1.165) is 11.1 Å². The third kappa shape index (κ3) is 12.0. The summed E-state index contributed by atoms with van der Waals surface area (Å²) in [6.45, 7) is 9.86. The van der Waals surface area contributed by atoms with E-state index in [-0.39, 0.29) is 69.0 Å². The molecule has 0 aliphatic carbocycles. The molecule has 12 N–H and O–H groups in total. The summed E-state index contributed by atoms with van der Waals surface area (Å²) in [5.41, 5.74) is 29.1. The standard InChI is InChI=1S/C48H61N11O7/c1-27-23-36(30-8-11-32(12-9-30)48(3,4)5)56-42(53)40(27)45(62)57-35(15-16-49)47(64)59(6)41-31-10-14-39(66-22-19-52)34(26-31)33-24-29(7-13-38(33)65-21-18-51)25-37(44(61)54-20-17-50)58-43(60)28(2)55-46(41)63/h7-14,23-24,26,28,35,37,41H,15-16,18-22,25,49,51-52H2,1-6H3,(H2,53,56)(H,54,61)(H,55,63)(H,57,62)(H,58,60)/t28-,35-,37-,41-/m0/s1. The Morgan fingerprint density at radius 2 is 1.55 bits per heavy atom. The first-order valence-corrected chi connectivity index (χ1v) is 21.8. The van der Waals surface area contributed by atoms with Crippen molar-refractivity contribution >= 4 is 35.4 Å². The Kier molecular flexibility index (Phi) is 16.8. The Labute approximate surface area is 385 Å². The molecule has 0 fully saturated rings. The third-order valence-electron chi connectivity index (χ3n) is 11.1. The molecule has 5 rings (SSSR count). The van der Waals surface area contributed by atoms with Crippen molar-refractivity contribution in [3.63, 3.8) is 0 Å². The number of benzene rings is 3. The van der Waals surface area contributed by atoms with Gasteiger partial charge in [-0.1, -0.05) is 57.2 Å². The number of amides is 5. The maximum atomic E-state index is 14.7. The number of carbonyl (C=O) groups excluding carboxylic acids is 5. The number of nitrogen functional groups attached to an aromatic ring is 1. The van der Waals surface area contributed by atoms with E-state index in [2.05, 4.69) is 47.0 Å². The minimum absolute atomic E-state index is 0.00251. The van der Waals surface area contributed by atoms with Crippen molar-refractivity contribution < 1.29 is 33.4 Å². The predicted molar refractivity (Wildman–Crippen MR) is 251 cm³/mol. The van der Waals surface area contributed by atoms with Gasteiger partial charge in [-0.3, -0.25) is 24.0 Å². The molecule has 5 amide bonds. The molecule has 4 aromatic rings. The van der Waals surface area contributed by atoms with E-state index in [4.69, 9.17) is 37.7 Å². The molecule has 0 saturated heterocycles. The maximum absolute atomic E-state index is 14.7. The van der Waals surface area contributed by atoms with Gasteiger partial charge < -0.3 is 58.6 Å². The number of likely N-dealkylation sites (N-methyl/N-ethyl adjacent to an activating group) is 1. The number of aryl methyl sites for hydroxylation is 1. The van der Waals surface area contributed by atoms with Gasteiger partial charge in [-0.15, -0.1) is 0 Å². The number of nitriles is 1. The Bertz CT molecular complexity index is 2440. The third-order valence-corrected chi connectivity index (χ3v) is 11.1. The van der Waals surface area contributed by atoms with E-state index in [1.807, 2.05) is 30.3 Å². The van der Waals surface area contributed by atoms with Crippen LogP contribution < -0.4 is 53.7 Å². The highest BCUT2D eigenvalue weighted by Gasteiger charge is 2.36. The van der Waals surface area contributed by atoms with Crippen molar-refractivity contribution in [2.45, 2.75) is 77.0 Å². The molecule has 0 spiro atoms. The Morgan fingerprint density at radius 3 is 2.14 bits per heavy atom. The van der Waals surface area contributed by atoms with Crippen molar-refractivity contribution in [3.8, 4) is 40.0 Å². The second-order valence-corrected chi connectivity index (χ2v) is 17.1. The van der Waals surface area contributed by atoms with Gasteiger partial charge in [0, 0.05) is 43.2 Å². The number of aromatic nitrogens is 1. The fourth-order valence-corrected chi connectivity index (χ4v) is 7.64. The largest absolute Gasteiger partial charge is 0.492 e. The zero-order chi connectivity index (χ0) is 48.3. The summed E-state index contributed by atoms with van der Waals surface area (Å²) in [4.78, 5) is 76.2. The van der Waals surface area contributed by atoms with E-state index < -0.39 is 53.7 Å². The topological polar surface area (TPSA) is 296 Å². The highest BCUT2D eigenvalue weighted by Crippen LogP contribution is 2.40. The van der Waals surface area contributed by atoms with E-state index in [9.17, 15) is 24.0 Å². The van der Waals surface area contributed by atoms with E-state index in [1.165, 1.54) is 18.9 Å². The van der Waals surface area contributed by atoms with Crippen LogP contribution in [0.25, 0.3) is 22.4 Å². The lowest BCUT2D eigenvalue weighted by Gasteiger charge is -2.32. The van der Waals surface area contributed by atoms with Crippen LogP contribution >= 0.6 is 0 Å². The molecule has 1 aliphatic heterocycles. The average molecular weight is 904 g/mol. The number of nitrogens with two attached hydrogens (primary N) is 4. The number of hydrogen-bond donors (Lipinski definition) is 8. The van der Waals surface area contributed by atoms with Crippen molar-refractivity contribution in [2.24, 2.45) is 17.2 Å². The first kappa shape index (κ1) is 49.9. The van der Waals surface area contributed by atoms with Crippen molar-refractivity contribution in [1.29, 1.82) is 5.26 Å². The molecular formula is C48H61N11O7. The van der Waals surface area contributed by atoms with E-state index >= 15 is 0 Å². The average Bonchev–Trinajstić information content (AvgIpc) is 3.28. The molecule has 3 aromatic carbocycles. The minimum atomic E-state index is -1.42. The van der Waals surface area contributed by atoms with Crippen LogP contribution in [0.1, 0.15) is 72.8 Å². The summed E-state index contributed by atoms with van der Waals surface area (Å²) < 4.78 is 12.2. The molecule has 0 saturated carbocycles. The number of ether oxygens (including phenoxy) is 2. The van der Waals surface area contributed by atoms with Crippen LogP contribution in [0.4, 0.5) is 5.82 Å². The zero-order valence-electron chi connectivity index (χ0n) is 38.3. The molecule has 350 valence electrons. The number of nitrogens with one attached hydrogen (secondary N) is 4. The van der Waals surface area contributed by atoms with E-state index in [0.29, 0.717) is 45.0 Å². The van der Waals surface area contributed by atoms with Crippen molar-refractivity contribution in [2.75, 3.05) is 52.2 Å². The van der Waals surface area contributed by atoms with Crippen molar-refractivity contribution in [1.82, 2.24) is 31.2 Å². The molecule has 1 aromatic heterocycles. The monoisotopic (exact) mass is 903 g/mol. The molecule has 1 aliphatic rings. The lowest BCUT2D eigenvalue weighted by Crippen LogP contribution is -2.56. The number of pyridine rings is 1. The van der Waals surface area contributed by atoms with Gasteiger partial charge in [0.05, 0.1) is 17.3 Å². The number of anilines is 1. The van der Waals surface area contributed by atoms with E-state index in [1.54, 1.807) is 49.4 Å². The van der Waals surface area contributed by atoms with Crippen LogP contribution in [0.2, 0.25) is 0 Å². The Hall–Kier alpha value is -7.07. The smallest absolute Gasteiger partial charge is 0.255 e. The highest BCUT2D eigenvalue weighted by molar-refractivity contribution is 6.03. The normalized spacial score (nSPS) is 16.6. The number of rotatable bonds is 15. The molecule has 18 nitrogen and oxygen atoms in total. The zero-order valence-corrected chi connectivity index (χ0v) is 38.3. The molecule has 66 heavy (non-hydrogen) atoms. The molecule has 0 unspecified atom stereocenters.